The second-order valence-electron chi connectivity index (χ2n) is 5.34. The first kappa shape index (κ1) is 13.9. The van der Waals surface area contributed by atoms with E-state index in [2.05, 4.69) is 4.98 Å². The summed E-state index contributed by atoms with van der Waals surface area (Å²) in [6, 6.07) is 3.22. The Morgan fingerprint density at radius 3 is 2.81 bits per heavy atom. The van der Waals surface area contributed by atoms with Crippen LogP contribution in [0.2, 0.25) is 0 Å². The van der Waals surface area contributed by atoms with Gasteiger partial charge in [-0.1, -0.05) is 6.92 Å². The van der Waals surface area contributed by atoms with Gasteiger partial charge < -0.3 is 10.7 Å². The number of amides is 1. The molecule has 0 bridgehead atoms. The van der Waals surface area contributed by atoms with Crippen molar-refractivity contribution in [3.8, 4) is 0 Å². The molecule has 2 heterocycles. The minimum absolute atomic E-state index is 0.294. The van der Waals surface area contributed by atoms with Crippen LogP contribution in [0, 0.1) is 0 Å². The topological polar surface area (TPSA) is 96.3 Å². The highest BCUT2D eigenvalue weighted by Crippen LogP contribution is 2.37. The monoisotopic (exact) mass is 307 g/mol. The molecule has 1 aliphatic rings. The lowest BCUT2D eigenvalue weighted by Gasteiger charge is -2.23. The van der Waals surface area contributed by atoms with Gasteiger partial charge in [0.25, 0.3) is 0 Å². The lowest BCUT2D eigenvalue weighted by atomic mass is 10.0. The van der Waals surface area contributed by atoms with Gasteiger partial charge in [0.1, 0.15) is 0 Å². The Morgan fingerprint density at radius 1 is 1.48 bits per heavy atom. The molecule has 0 saturated heterocycles. The first-order valence-corrected chi connectivity index (χ1v) is 8.28. The van der Waals surface area contributed by atoms with Gasteiger partial charge >= 0.3 is 0 Å². The molecule has 1 amide bonds. The number of nitrogens with one attached hydrogen (secondary N) is 1. The summed E-state index contributed by atoms with van der Waals surface area (Å²) in [6.45, 7) is 1.87. The van der Waals surface area contributed by atoms with Crippen LogP contribution in [0.5, 0.6) is 0 Å². The van der Waals surface area contributed by atoms with Crippen molar-refractivity contribution in [2.24, 2.45) is 5.73 Å². The number of H-pyrrole nitrogens is 1. The van der Waals surface area contributed by atoms with Crippen LogP contribution in [0.1, 0.15) is 29.3 Å². The zero-order valence-corrected chi connectivity index (χ0v) is 12.7. The Bertz CT molecular complexity index is 839. The minimum atomic E-state index is -3.45. The number of carbonyl (C=O) groups is 1. The number of nitrogens with zero attached hydrogens (tertiary/aromatic N) is 1. The first-order chi connectivity index (χ1) is 9.86. The number of primary amides is 1. The van der Waals surface area contributed by atoms with Crippen LogP contribution in [0.3, 0.4) is 0 Å². The zero-order valence-electron chi connectivity index (χ0n) is 11.9. The second-order valence-corrected chi connectivity index (χ2v) is 7.59. The van der Waals surface area contributed by atoms with Gasteiger partial charge in [-0.3, -0.25) is 9.10 Å². The normalized spacial score (nSPS) is 20.5. The average molecular weight is 307 g/mol. The highest BCUT2D eigenvalue weighted by Gasteiger charge is 2.34. The van der Waals surface area contributed by atoms with Gasteiger partial charge in [0.2, 0.25) is 15.9 Å². The molecular formula is C14H17N3O3S. The minimum Gasteiger partial charge on any atom is -0.366 e. The van der Waals surface area contributed by atoms with E-state index in [0.29, 0.717) is 24.1 Å². The predicted molar refractivity (Wildman–Crippen MR) is 81.9 cm³/mol. The molecule has 0 fully saturated rings. The van der Waals surface area contributed by atoms with E-state index in [4.69, 9.17) is 5.73 Å². The van der Waals surface area contributed by atoms with E-state index in [1.165, 1.54) is 11.4 Å². The van der Waals surface area contributed by atoms with E-state index in [9.17, 15) is 13.2 Å². The molecule has 1 aromatic carbocycles. The predicted octanol–water partition coefficient (Wildman–Crippen LogP) is 1.37. The van der Waals surface area contributed by atoms with E-state index in [1.807, 2.05) is 13.1 Å². The molecule has 3 rings (SSSR count). The maximum absolute atomic E-state index is 12.7. The van der Waals surface area contributed by atoms with Gasteiger partial charge in [-0.15, -0.1) is 0 Å². The molecule has 1 aliphatic heterocycles. The van der Waals surface area contributed by atoms with Crippen molar-refractivity contribution >= 4 is 32.5 Å². The zero-order chi connectivity index (χ0) is 15.4. The van der Waals surface area contributed by atoms with Crippen molar-refractivity contribution in [1.82, 2.24) is 4.98 Å². The third-order valence-electron chi connectivity index (χ3n) is 4.17. The number of nitrogens with two attached hydrogens (primary N) is 1. The lowest BCUT2D eigenvalue weighted by Crippen LogP contribution is -2.35. The molecule has 0 radical (unpaired) electrons. The fraction of sp³-hybridized carbons (Fsp3) is 0.357. The maximum Gasteiger partial charge on any atom is 0.248 e. The van der Waals surface area contributed by atoms with Crippen LogP contribution in [0.4, 0.5) is 5.69 Å². The second kappa shape index (κ2) is 4.49. The van der Waals surface area contributed by atoms with Gasteiger partial charge in [0, 0.05) is 29.7 Å². The van der Waals surface area contributed by atoms with Crippen LogP contribution < -0.4 is 10.0 Å². The fourth-order valence-corrected chi connectivity index (χ4v) is 4.61. The van der Waals surface area contributed by atoms with Crippen molar-refractivity contribution in [1.29, 1.82) is 0 Å². The molecule has 112 valence electrons. The number of benzene rings is 1. The van der Waals surface area contributed by atoms with E-state index in [-0.39, 0.29) is 0 Å². The number of anilines is 1. The average Bonchev–Trinajstić information content (AvgIpc) is 2.82. The molecule has 21 heavy (non-hydrogen) atoms. The summed E-state index contributed by atoms with van der Waals surface area (Å²) in [7, 11) is -1.92. The van der Waals surface area contributed by atoms with Crippen LogP contribution in [0.25, 0.3) is 10.9 Å². The number of aromatic nitrogens is 1. The third kappa shape index (κ3) is 1.91. The number of hydrogen-bond donors (Lipinski definition) is 2. The SMILES string of the molecule is CCC1Cc2c[nH]c3cc(C(N)=O)cc(c23)N(C)S1(=O)=O. The Kier molecular flexibility index (Phi) is 2.98. The number of hydrogen-bond acceptors (Lipinski definition) is 3. The molecule has 6 nitrogen and oxygen atoms in total. The lowest BCUT2D eigenvalue weighted by molar-refractivity contribution is 0.100. The molecule has 7 heteroatoms. The highest BCUT2D eigenvalue weighted by atomic mass is 32.2. The van der Waals surface area contributed by atoms with Crippen molar-refractivity contribution < 1.29 is 13.2 Å². The Morgan fingerprint density at radius 2 is 2.19 bits per heavy atom. The van der Waals surface area contributed by atoms with Crippen LogP contribution in [-0.2, 0) is 16.4 Å². The first-order valence-electron chi connectivity index (χ1n) is 6.77. The molecule has 0 spiro atoms. The molecule has 0 aliphatic carbocycles. The molecule has 1 unspecified atom stereocenters. The summed E-state index contributed by atoms with van der Waals surface area (Å²) >= 11 is 0. The summed E-state index contributed by atoms with van der Waals surface area (Å²) in [5.41, 5.74) is 7.83. The summed E-state index contributed by atoms with van der Waals surface area (Å²) in [4.78, 5) is 14.6. The quantitative estimate of drug-likeness (QED) is 0.877. The van der Waals surface area contributed by atoms with E-state index < -0.39 is 21.2 Å². The van der Waals surface area contributed by atoms with Crippen molar-refractivity contribution in [3.63, 3.8) is 0 Å². The maximum atomic E-state index is 12.7. The van der Waals surface area contributed by atoms with E-state index in [1.54, 1.807) is 12.1 Å². The van der Waals surface area contributed by atoms with Crippen LogP contribution >= 0.6 is 0 Å². The molecule has 3 N–H and O–H groups in total. The van der Waals surface area contributed by atoms with Crippen LogP contribution in [-0.4, -0.2) is 31.6 Å². The van der Waals surface area contributed by atoms with E-state index >= 15 is 0 Å². The molecule has 0 saturated carbocycles. The molecule has 1 atom stereocenters. The summed E-state index contributed by atoms with van der Waals surface area (Å²) in [5.74, 6) is -0.577. The number of aromatic amines is 1. The molecule has 1 aromatic heterocycles. The van der Waals surface area contributed by atoms with Crippen molar-refractivity contribution in [2.45, 2.75) is 25.0 Å². The fourth-order valence-electron chi connectivity index (χ4n) is 2.93. The summed E-state index contributed by atoms with van der Waals surface area (Å²) in [6.07, 6.45) is 2.82. The Hall–Kier alpha value is -2.02. The summed E-state index contributed by atoms with van der Waals surface area (Å²) < 4.78 is 26.6. The number of rotatable bonds is 2. The smallest absolute Gasteiger partial charge is 0.248 e. The Balaban J connectivity index is 2.36. The molecular weight excluding hydrogens is 290 g/mol. The summed E-state index contributed by atoms with van der Waals surface area (Å²) in [5, 5.41) is 0.382. The van der Waals surface area contributed by atoms with Gasteiger partial charge in [0.15, 0.2) is 0 Å². The Labute approximate surface area is 123 Å². The van der Waals surface area contributed by atoms with Gasteiger partial charge in [-0.25, -0.2) is 8.42 Å². The standard InChI is InChI=1S/C14H17N3O3S/c1-3-10-4-9-7-16-11-5-8(14(15)18)6-12(13(9)11)17(2)21(10,19)20/h5-7,10,16H,3-4H2,1-2H3,(H2,15,18). The van der Waals surface area contributed by atoms with Gasteiger partial charge in [-0.05, 0) is 30.5 Å². The largest absolute Gasteiger partial charge is 0.366 e. The number of carbonyl (C=O) groups excluding carboxylic acids is 1. The van der Waals surface area contributed by atoms with Crippen molar-refractivity contribution in [2.75, 3.05) is 11.4 Å². The number of sulfonamides is 1. The van der Waals surface area contributed by atoms with Gasteiger partial charge in [0.05, 0.1) is 10.9 Å². The van der Waals surface area contributed by atoms with Crippen LogP contribution in [0.15, 0.2) is 18.3 Å². The molecule has 2 aromatic rings. The highest BCUT2D eigenvalue weighted by molar-refractivity contribution is 7.93. The van der Waals surface area contributed by atoms with Gasteiger partial charge in [-0.2, -0.15) is 0 Å². The van der Waals surface area contributed by atoms with E-state index in [0.717, 1.165) is 16.5 Å². The third-order valence-corrected chi connectivity index (χ3v) is 6.47. The van der Waals surface area contributed by atoms with Crippen molar-refractivity contribution in [3.05, 3.63) is 29.5 Å².